The van der Waals surface area contributed by atoms with Gasteiger partial charge in [0.05, 0.1) is 6.54 Å². The van der Waals surface area contributed by atoms with E-state index in [2.05, 4.69) is 4.90 Å². The molecule has 1 aliphatic carbocycles. The number of carbonyl (C=O) groups is 2. The Labute approximate surface area is 138 Å². The molecule has 3 aliphatic rings. The fourth-order valence-electron chi connectivity index (χ4n) is 3.43. The fraction of sp³-hybridized carbons (Fsp3) is 0.882. The maximum absolute atomic E-state index is 12.4. The van der Waals surface area contributed by atoms with E-state index < -0.39 is 0 Å². The number of hydrogen-bond acceptors (Lipinski definition) is 4. The average molecular weight is 323 g/mol. The second-order valence-corrected chi connectivity index (χ2v) is 7.17. The lowest BCUT2D eigenvalue weighted by Gasteiger charge is -2.25. The zero-order chi connectivity index (χ0) is 16.2. The van der Waals surface area contributed by atoms with Gasteiger partial charge in [-0.3, -0.25) is 14.5 Å². The number of hydrogen-bond donors (Lipinski definition) is 0. The van der Waals surface area contributed by atoms with E-state index in [-0.39, 0.29) is 17.9 Å². The van der Waals surface area contributed by atoms with Crippen LogP contribution in [-0.4, -0.2) is 85.5 Å². The van der Waals surface area contributed by atoms with Gasteiger partial charge in [0.1, 0.15) is 6.10 Å². The molecule has 0 aromatic rings. The van der Waals surface area contributed by atoms with E-state index in [1.165, 1.54) is 12.8 Å². The molecular formula is C17H29N3O3. The Morgan fingerprint density at radius 2 is 1.91 bits per heavy atom. The number of ether oxygens (including phenoxy) is 1. The van der Waals surface area contributed by atoms with Gasteiger partial charge in [0.25, 0.3) is 5.91 Å². The van der Waals surface area contributed by atoms with Crippen LogP contribution in [0, 0.1) is 5.92 Å². The summed E-state index contributed by atoms with van der Waals surface area (Å²) in [6.07, 6.45) is 5.07. The Bertz CT molecular complexity index is 433. The van der Waals surface area contributed by atoms with Crippen LogP contribution in [0.15, 0.2) is 0 Å². The molecule has 2 amide bonds. The normalized spacial score (nSPS) is 26.1. The van der Waals surface area contributed by atoms with Crippen molar-refractivity contribution in [3.63, 3.8) is 0 Å². The Kier molecular flexibility index (Phi) is 5.54. The van der Waals surface area contributed by atoms with Crippen LogP contribution in [0.2, 0.25) is 0 Å². The first-order valence-electron chi connectivity index (χ1n) is 9.00. The van der Waals surface area contributed by atoms with Crippen LogP contribution < -0.4 is 0 Å². The molecule has 0 aromatic carbocycles. The lowest BCUT2D eigenvalue weighted by molar-refractivity contribution is -0.140. The minimum absolute atomic E-state index is 0.140. The summed E-state index contributed by atoms with van der Waals surface area (Å²) in [5.41, 5.74) is 0. The van der Waals surface area contributed by atoms with Crippen molar-refractivity contribution >= 4 is 11.8 Å². The van der Waals surface area contributed by atoms with Crippen LogP contribution in [0.4, 0.5) is 0 Å². The molecule has 2 saturated heterocycles. The van der Waals surface area contributed by atoms with Crippen molar-refractivity contribution in [1.29, 1.82) is 0 Å². The van der Waals surface area contributed by atoms with E-state index in [9.17, 15) is 9.59 Å². The number of carbonyl (C=O) groups excluding carboxylic acids is 2. The molecule has 3 rings (SSSR count). The third kappa shape index (κ3) is 4.67. The summed E-state index contributed by atoms with van der Waals surface area (Å²) in [5, 5.41) is 0. The van der Waals surface area contributed by atoms with E-state index in [4.69, 9.17) is 4.74 Å². The summed E-state index contributed by atoms with van der Waals surface area (Å²) in [7, 11) is 1.91. The van der Waals surface area contributed by atoms with Crippen LogP contribution >= 0.6 is 0 Å². The molecule has 0 aromatic heterocycles. The lowest BCUT2D eigenvalue weighted by atomic mass is 10.2. The molecule has 23 heavy (non-hydrogen) atoms. The van der Waals surface area contributed by atoms with Crippen molar-refractivity contribution in [2.24, 2.45) is 5.92 Å². The standard InChI is InChI=1S/C17H29N3O3/c1-18(12-14-5-6-14)16(21)13-19-7-3-8-20(10-9-19)17(22)15-4-2-11-23-15/h14-15H,2-13H2,1H3/t15-/m0/s1. The summed E-state index contributed by atoms with van der Waals surface area (Å²) in [4.78, 5) is 30.7. The summed E-state index contributed by atoms with van der Waals surface area (Å²) in [5.74, 6) is 1.07. The van der Waals surface area contributed by atoms with Gasteiger partial charge in [-0.2, -0.15) is 0 Å². The quantitative estimate of drug-likeness (QED) is 0.742. The topological polar surface area (TPSA) is 53.1 Å². The summed E-state index contributed by atoms with van der Waals surface area (Å²) >= 11 is 0. The molecule has 0 radical (unpaired) electrons. The lowest BCUT2D eigenvalue weighted by Crippen LogP contribution is -2.43. The van der Waals surface area contributed by atoms with Gasteiger partial charge in [0, 0.05) is 46.4 Å². The highest BCUT2D eigenvalue weighted by Gasteiger charge is 2.30. The van der Waals surface area contributed by atoms with Crippen molar-refractivity contribution < 1.29 is 14.3 Å². The van der Waals surface area contributed by atoms with Crippen molar-refractivity contribution in [2.75, 3.05) is 52.9 Å². The van der Waals surface area contributed by atoms with Gasteiger partial charge in [-0.1, -0.05) is 0 Å². The highest BCUT2D eigenvalue weighted by molar-refractivity contribution is 5.81. The SMILES string of the molecule is CN(CC1CC1)C(=O)CN1CCCN(C(=O)[C@@H]2CCCO2)CC1. The fourth-order valence-corrected chi connectivity index (χ4v) is 3.43. The first-order chi connectivity index (χ1) is 11.1. The zero-order valence-corrected chi connectivity index (χ0v) is 14.2. The maximum Gasteiger partial charge on any atom is 0.251 e. The Balaban J connectivity index is 1.44. The third-order valence-electron chi connectivity index (χ3n) is 5.12. The predicted molar refractivity (Wildman–Crippen MR) is 87.0 cm³/mol. The van der Waals surface area contributed by atoms with Gasteiger partial charge in [0.15, 0.2) is 0 Å². The van der Waals surface area contributed by atoms with E-state index in [1.807, 2.05) is 16.8 Å². The van der Waals surface area contributed by atoms with Gasteiger partial charge in [-0.25, -0.2) is 0 Å². The first kappa shape index (κ1) is 16.7. The molecule has 6 heteroatoms. The van der Waals surface area contributed by atoms with Crippen molar-refractivity contribution in [2.45, 2.75) is 38.2 Å². The number of likely N-dealkylation sites (N-methyl/N-ethyl adjacent to an activating group) is 1. The predicted octanol–water partition coefficient (Wildman–Crippen LogP) is 0.568. The van der Waals surface area contributed by atoms with E-state index >= 15 is 0 Å². The zero-order valence-electron chi connectivity index (χ0n) is 14.2. The van der Waals surface area contributed by atoms with Crippen LogP contribution in [-0.2, 0) is 14.3 Å². The second kappa shape index (κ2) is 7.62. The molecule has 2 heterocycles. The van der Waals surface area contributed by atoms with Crippen LogP contribution in [0.1, 0.15) is 32.1 Å². The minimum atomic E-state index is -0.229. The monoisotopic (exact) mass is 323 g/mol. The highest BCUT2D eigenvalue weighted by Crippen LogP contribution is 2.29. The van der Waals surface area contributed by atoms with Crippen molar-refractivity contribution in [3.8, 4) is 0 Å². The molecular weight excluding hydrogens is 294 g/mol. The van der Waals surface area contributed by atoms with Gasteiger partial charge >= 0.3 is 0 Å². The van der Waals surface area contributed by atoms with E-state index in [0.717, 1.165) is 51.4 Å². The van der Waals surface area contributed by atoms with Gasteiger partial charge < -0.3 is 14.5 Å². The molecule has 0 spiro atoms. The summed E-state index contributed by atoms with van der Waals surface area (Å²) < 4.78 is 5.51. The van der Waals surface area contributed by atoms with Gasteiger partial charge in [-0.05, 0) is 38.0 Å². The first-order valence-corrected chi connectivity index (χ1v) is 9.00. The molecule has 3 fully saturated rings. The number of nitrogens with zero attached hydrogens (tertiary/aromatic N) is 3. The largest absolute Gasteiger partial charge is 0.368 e. The number of rotatable bonds is 5. The summed E-state index contributed by atoms with van der Waals surface area (Å²) in [6.45, 7) is 5.24. The molecule has 1 saturated carbocycles. The highest BCUT2D eigenvalue weighted by atomic mass is 16.5. The van der Waals surface area contributed by atoms with Crippen LogP contribution in [0.3, 0.4) is 0 Å². The Morgan fingerprint density at radius 3 is 2.61 bits per heavy atom. The second-order valence-electron chi connectivity index (χ2n) is 7.17. The summed E-state index contributed by atoms with van der Waals surface area (Å²) in [6, 6.07) is 0. The minimum Gasteiger partial charge on any atom is -0.368 e. The van der Waals surface area contributed by atoms with E-state index in [0.29, 0.717) is 19.7 Å². The smallest absolute Gasteiger partial charge is 0.251 e. The Hall–Kier alpha value is -1.14. The molecule has 0 bridgehead atoms. The Morgan fingerprint density at radius 1 is 1.09 bits per heavy atom. The van der Waals surface area contributed by atoms with Crippen molar-refractivity contribution in [3.05, 3.63) is 0 Å². The molecule has 0 unspecified atom stereocenters. The molecule has 6 nitrogen and oxygen atoms in total. The molecule has 2 aliphatic heterocycles. The third-order valence-corrected chi connectivity index (χ3v) is 5.12. The van der Waals surface area contributed by atoms with Crippen LogP contribution in [0.25, 0.3) is 0 Å². The van der Waals surface area contributed by atoms with Crippen LogP contribution in [0.5, 0.6) is 0 Å². The van der Waals surface area contributed by atoms with Gasteiger partial charge in [-0.15, -0.1) is 0 Å². The van der Waals surface area contributed by atoms with E-state index in [1.54, 1.807) is 0 Å². The van der Waals surface area contributed by atoms with Gasteiger partial charge in [0.2, 0.25) is 5.91 Å². The molecule has 1 atom stereocenters. The maximum atomic E-state index is 12.4. The molecule has 0 N–H and O–H groups in total. The average Bonchev–Trinajstić information content (AvgIpc) is 3.24. The molecule has 130 valence electrons. The number of amides is 2. The van der Waals surface area contributed by atoms with Crippen molar-refractivity contribution in [1.82, 2.24) is 14.7 Å².